The Morgan fingerprint density at radius 1 is 0.673 bits per heavy atom. The molecule has 5 rings (SSSR count). The van der Waals surface area contributed by atoms with Gasteiger partial charge in [0, 0.05) is 12.1 Å². The van der Waals surface area contributed by atoms with Gasteiger partial charge in [0.2, 0.25) is 5.91 Å². The van der Waals surface area contributed by atoms with Crippen molar-refractivity contribution in [3.8, 4) is 11.5 Å². The fourth-order valence-corrected chi connectivity index (χ4v) is 5.68. The smallest absolute Gasteiger partial charge is 0.277 e. The van der Waals surface area contributed by atoms with Crippen LogP contribution in [0.1, 0.15) is 25.0 Å². The van der Waals surface area contributed by atoms with Gasteiger partial charge in [0.15, 0.2) is 5.60 Å². The quantitative estimate of drug-likeness (QED) is 0.117. The number of hydrogen-bond donors (Lipinski definition) is 2. The third-order valence-electron chi connectivity index (χ3n) is 7.26. The van der Waals surface area contributed by atoms with Gasteiger partial charge in [-0.2, -0.15) is 10.2 Å². The van der Waals surface area contributed by atoms with Crippen LogP contribution in [0.15, 0.2) is 149 Å². The third-order valence-corrected chi connectivity index (χ3v) is 8.61. The van der Waals surface area contributed by atoms with Gasteiger partial charge in [-0.3, -0.25) is 9.59 Å². The molecule has 2 N–H and O–H groups in total. The molecule has 0 spiro atoms. The summed E-state index contributed by atoms with van der Waals surface area (Å²) >= 11 is 0. The van der Waals surface area contributed by atoms with Gasteiger partial charge in [0.25, 0.3) is 15.9 Å². The number of carbonyl (C=O) groups is 2. The second kappa shape index (κ2) is 15.9. The second-order valence-corrected chi connectivity index (χ2v) is 13.2. The minimum Gasteiger partial charge on any atom is -0.493 e. The average molecular weight is 677 g/mol. The van der Waals surface area contributed by atoms with Gasteiger partial charge < -0.3 is 14.8 Å². The van der Waals surface area contributed by atoms with Crippen LogP contribution in [-0.2, 0) is 32.5 Å². The minimum atomic E-state index is -4.20. The molecule has 0 aliphatic heterocycles. The van der Waals surface area contributed by atoms with Crippen LogP contribution in [-0.4, -0.2) is 32.4 Å². The van der Waals surface area contributed by atoms with Crippen LogP contribution in [0.5, 0.6) is 11.5 Å². The van der Waals surface area contributed by atoms with Crippen LogP contribution in [0.3, 0.4) is 0 Å². The molecule has 0 saturated carbocycles. The number of sulfonamides is 1. The summed E-state index contributed by atoms with van der Waals surface area (Å²) in [5.41, 5.74) is 2.27. The summed E-state index contributed by atoms with van der Waals surface area (Å²) in [6.45, 7) is 3.41. The van der Waals surface area contributed by atoms with Gasteiger partial charge in [-0.15, -0.1) is 0 Å². The normalized spacial score (nSPS) is 11.6. The Bertz CT molecular complexity index is 1980. The fourth-order valence-electron chi connectivity index (χ4n) is 4.58. The van der Waals surface area contributed by atoms with Crippen LogP contribution in [0.2, 0.25) is 0 Å². The third kappa shape index (κ3) is 10.3. The lowest BCUT2D eigenvalue weighted by atomic mass is 10.1. The van der Waals surface area contributed by atoms with Crippen molar-refractivity contribution in [1.82, 2.24) is 4.72 Å². The largest absolute Gasteiger partial charge is 0.493 e. The molecule has 49 heavy (non-hydrogen) atoms. The molecule has 0 unspecified atom stereocenters. The molecule has 5 aromatic carbocycles. The van der Waals surface area contributed by atoms with Crippen molar-refractivity contribution < 1.29 is 27.5 Å². The zero-order valence-electron chi connectivity index (χ0n) is 27.1. The van der Waals surface area contributed by atoms with Crippen molar-refractivity contribution in [1.29, 1.82) is 0 Å². The topological polar surface area (TPSA) is 136 Å². The van der Waals surface area contributed by atoms with Crippen LogP contribution >= 0.6 is 0 Å². The molecule has 0 radical (unpaired) electrons. The van der Waals surface area contributed by atoms with Gasteiger partial charge in [0.05, 0.1) is 29.3 Å². The maximum absolute atomic E-state index is 13.0. The number of benzene rings is 5. The predicted octanol–water partition coefficient (Wildman–Crippen LogP) is 7.57. The van der Waals surface area contributed by atoms with E-state index < -0.39 is 21.5 Å². The highest BCUT2D eigenvalue weighted by Gasteiger charge is 2.33. The number of hydrogen-bond acceptors (Lipinski definition) is 8. The van der Waals surface area contributed by atoms with Gasteiger partial charge in [-0.1, -0.05) is 60.7 Å². The summed E-state index contributed by atoms with van der Waals surface area (Å²) in [4.78, 5) is 25.2. The Hall–Kier alpha value is -5.81. The molecule has 2 amide bonds. The van der Waals surface area contributed by atoms with Gasteiger partial charge in [-0.25, -0.2) is 13.1 Å². The Morgan fingerprint density at radius 2 is 1.24 bits per heavy atom. The fraction of sp³-hybridized carbons (Fsp3) is 0.158. The molecule has 10 nitrogen and oxygen atoms in total. The summed E-state index contributed by atoms with van der Waals surface area (Å²) in [5.74, 6) is 0.0410. The number of rotatable bonds is 14. The van der Waals surface area contributed by atoms with E-state index in [-0.39, 0.29) is 17.2 Å². The molecular weight excluding hydrogens is 641 g/mol. The summed E-state index contributed by atoms with van der Waals surface area (Å²) < 4.78 is 39.8. The zero-order valence-corrected chi connectivity index (χ0v) is 27.9. The van der Waals surface area contributed by atoms with Gasteiger partial charge >= 0.3 is 0 Å². The molecule has 0 heterocycles. The first-order valence-corrected chi connectivity index (χ1v) is 17.0. The van der Waals surface area contributed by atoms with E-state index in [4.69, 9.17) is 9.47 Å². The first-order valence-electron chi connectivity index (χ1n) is 15.5. The van der Waals surface area contributed by atoms with E-state index in [9.17, 15) is 18.0 Å². The van der Waals surface area contributed by atoms with E-state index in [0.29, 0.717) is 30.2 Å². The number of nitrogens with zero attached hydrogens (tertiary/aromatic N) is 2. The zero-order chi connectivity index (χ0) is 34.7. The summed E-state index contributed by atoms with van der Waals surface area (Å²) in [7, 11) is -4.20. The Labute approximate surface area is 285 Å². The van der Waals surface area contributed by atoms with Crippen molar-refractivity contribution in [3.05, 3.63) is 145 Å². The lowest BCUT2D eigenvalue weighted by Gasteiger charge is -2.25. The summed E-state index contributed by atoms with van der Waals surface area (Å²) in [5, 5.41) is 11.2. The van der Waals surface area contributed by atoms with Crippen molar-refractivity contribution in [2.75, 3.05) is 11.9 Å². The Morgan fingerprint density at radius 3 is 1.88 bits per heavy atom. The maximum atomic E-state index is 13.0. The van der Waals surface area contributed by atoms with Crippen LogP contribution in [0.25, 0.3) is 0 Å². The molecule has 0 aliphatic carbocycles. The Balaban J connectivity index is 1.07. The van der Waals surface area contributed by atoms with Crippen molar-refractivity contribution in [2.45, 2.75) is 37.2 Å². The molecule has 0 saturated heterocycles. The van der Waals surface area contributed by atoms with Crippen molar-refractivity contribution in [2.24, 2.45) is 10.2 Å². The second-order valence-electron chi connectivity index (χ2n) is 11.6. The number of anilines is 1. The SMILES string of the molecule is CC(C)(Oc1ccc(CCOc2ccc(N=Nc3ccccc3)cc2)cc1)C(=O)NS(=O)(=O)c1ccc(NC(=O)Cc2ccccc2)cc1. The molecule has 11 heteroatoms. The molecule has 0 aromatic heterocycles. The highest BCUT2D eigenvalue weighted by atomic mass is 32.2. The lowest BCUT2D eigenvalue weighted by Crippen LogP contribution is -2.48. The first kappa shape index (κ1) is 34.5. The van der Waals surface area contributed by atoms with E-state index in [1.807, 2.05) is 97.1 Å². The van der Waals surface area contributed by atoms with Gasteiger partial charge in [0.1, 0.15) is 11.5 Å². The van der Waals surface area contributed by atoms with Crippen molar-refractivity contribution >= 4 is 38.9 Å². The Kier molecular flexibility index (Phi) is 11.2. The van der Waals surface area contributed by atoms with E-state index in [2.05, 4.69) is 20.3 Å². The van der Waals surface area contributed by atoms with E-state index in [0.717, 1.165) is 22.5 Å². The molecule has 0 fully saturated rings. The van der Waals surface area contributed by atoms with Crippen LogP contribution in [0, 0.1) is 0 Å². The number of carbonyl (C=O) groups excluding carboxylic acids is 2. The molecule has 0 aliphatic rings. The summed E-state index contributed by atoms with van der Waals surface area (Å²) in [6.07, 6.45) is 0.816. The molecule has 5 aromatic rings. The van der Waals surface area contributed by atoms with E-state index in [1.54, 1.807) is 12.1 Å². The number of ether oxygens (including phenoxy) is 2. The standard InChI is InChI=1S/C38H36N4O6S/c1-38(2,37(44)42-49(45,46)35-23-17-30(18-24-35)39-36(43)27-29-9-5-3-6-10-29)48-34-19-13-28(14-20-34)25-26-47-33-21-15-32(16-22-33)41-40-31-11-7-4-8-12-31/h3-24H,25-27H2,1-2H3,(H,39,43)(H,42,44). The monoisotopic (exact) mass is 676 g/mol. The van der Waals surface area contributed by atoms with Gasteiger partial charge in [-0.05, 0) is 97.8 Å². The van der Waals surface area contributed by atoms with Crippen LogP contribution < -0.4 is 19.5 Å². The van der Waals surface area contributed by atoms with Crippen molar-refractivity contribution in [3.63, 3.8) is 0 Å². The highest BCUT2D eigenvalue weighted by molar-refractivity contribution is 7.90. The van der Waals surface area contributed by atoms with E-state index >= 15 is 0 Å². The summed E-state index contributed by atoms with van der Waals surface area (Å²) in [6, 6.07) is 38.8. The molecule has 0 atom stereocenters. The predicted molar refractivity (Wildman–Crippen MR) is 188 cm³/mol. The number of nitrogens with one attached hydrogen (secondary N) is 2. The number of amides is 2. The van der Waals surface area contributed by atoms with E-state index in [1.165, 1.54) is 38.1 Å². The molecule has 250 valence electrons. The average Bonchev–Trinajstić information content (AvgIpc) is 3.09. The highest BCUT2D eigenvalue weighted by Crippen LogP contribution is 2.23. The maximum Gasteiger partial charge on any atom is 0.277 e. The molecular formula is C38H36N4O6S. The first-order chi connectivity index (χ1) is 23.6. The lowest BCUT2D eigenvalue weighted by molar-refractivity contribution is -0.132. The molecule has 0 bridgehead atoms. The number of azo groups is 1. The van der Waals surface area contributed by atoms with Crippen LogP contribution in [0.4, 0.5) is 17.1 Å². The minimum absolute atomic E-state index is 0.131.